The maximum absolute atomic E-state index is 2.89. The Morgan fingerprint density at radius 3 is 2.17 bits per heavy atom. The molecule has 0 unspecified atom stereocenters. The molecule has 1 radical (unpaired) electrons. The molecule has 0 amide bonds. The van der Waals surface area contributed by atoms with Crippen molar-refractivity contribution >= 4 is 0 Å². The Balaban J connectivity index is 0. The maximum atomic E-state index is 2.89. The molecular weight excluding hydrogens is 161 g/mol. The van der Waals surface area contributed by atoms with Crippen LogP contribution in [0.2, 0.25) is 0 Å². The van der Waals surface area contributed by atoms with E-state index in [9.17, 15) is 0 Å². The fraction of sp³-hybridized carbons (Fsp3) is 0.600. The van der Waals surface area contributed by atoms with Gasteiger partial charge in [-0.15, -0.1) is 0 Å². The minimum atomic E-state index is 0. The van der Waals surface area contributed by atoms with Gasteiger partial charge >= 0.3 is 19.5 Å². The van der Waals surface area contributed by atoms with Crippen LogP contribution >= 0.6 is 0 Å². The van der Waals surface area contributed by atoms with Crippen LogP contribution in [0.15, 0.2) is 6.08 Å². The van der Waals surface area contributed by atoms with Gasteiger partial charge in [0.05, 0.1) is 0 Å². The summed E-state index contributed by atoms with van der Waals surface area (Å²) in [7, 11) is 0. The van der Waals surface area contributed by atoms with E-state index in [0.717, 1.165) is 6.42 Å². The Bertz CT molecular complexity index is 30.9. The second kappa shape index (κ2) is 9.03. The first-order valence-electron chi connectivity index (χ1n) is 1.90. The standard InChI is InChI=1S/C5H9.Ru/c1-3-5-4-2;/h5H,3H2,1-2H3;/q-1;+1. The normalized spacial score (nSPS) is 8.33. The third-order valence-corrected chi connectivity index (χ3v) is 0.408. The van der Waals surface area contributed by atoms with Gasteiger partial charge in [-0.1, -0.05) is 13.3 Å². The second-order valence-corrected chi connectivity index (χ2v) is 0.901. The molecule has 0 N–H and O–H groups in total. The third kappa shape index (κ3) is 8.84. The summed E-state index contributed by atoms with van der Waals surface area (Å²) in [6.45, 7) is 4.00. The molecule has 0 atom stereocenters. The number of hydrogen-bond donors (Lipinski definition) is 0. The number of rotatable bonds is 1. The van der Waals surface area contributed by atoms with Gasteiger partial charge in [-0.05, 0) is 0 Å². The summed E-state index contributed by atoms with van der Waals surface area (Å²) in [5.41, 5.74) is 0. The Kier molecular flexibility index (Phi) is 14.5. The van der Waals surface area contributed by atoms with E-state index in [1.165, 1.54) is 0 Å². The van der Waals surface area contributed by atoms with Crippen LogP contribution in [0.3, 0.4) is 0 Å². The molecule has 0 bridgehead atoms. The molecular formula is C5H9Ru. The van der Waals surface area contributed by atoms with Gasteiger partial charge in [0.15, 0.2) is 0 Å². The van der Waals surface area contributed by atoms with Crippen molar-refractivity contribution in [1.29, 1.82) is 0 Å². The van der Waals surface area contributed by atoms with Crippen LogP contribution in [0.4, 0.5) is 0 Å². The van der Waals surface area contributed by atoms with Crippen LogP contribution < -0.4 is 0 Å². The average Bonchev–Trinajstić information content (AvgIpc) is 1.41. The topological polar surface area (TPSA) is 0 Å². The molecule has 0 aliphatic carbocycles. The summed E-state index contributed by atoms with van der Waals surface area (Å²) in [6, 6.07) is 0. The SMILES string of the molecule is C[C-]=CCC.[Ru+]. The predicted molar refractivity (Wildman–Crippen MR) is 23.8 cm³/mol. The molecule has 0 fully saturated rings. The van der Waals surface area contributed by atoms with E-state index in [0.29, 0.717) is 0 Å². The molecule has 0 spiro atoms. The Morgan fingerprint density at radius 1 is 1.67 bits per heavy atom. The van der Waals surface area contributed by atoms with Crippen molar-refractivity contribution in [1.82, 2.24) is 0 Å². The molecule has 0 aliphatic heterocycles. The molecule has 0 aromatic carbocycles. The van der Waals surface area contributed by atoms with Gasteiger partial charge in [-0.3, -0.25) is 6.08 Å². The summed E-state index contributed by atoms with van der Waals surface area (Å²) in [6.07, 6.45) is 6.00. The summed E-state index contributed by atoms with van der Waals surface area (Å²) in [4.78, 5) is 0. The quantitative estimate of drug-likeness (QED) is 0.415. The van der Waals surface area contributed by atoms with E-state index in [2.05, 4.69) is 13.0 Å². The van der Waals surface area contributed by atoms with Crippen LogP contribution in [0.5, 0.6) is 0 Å². The van der Waals surface area contributed by atoms with Crippen molar-refractivity contribution in [3.63, 3.8) is 0 Å². The zero-order chi connectivity index (χ0) is 4.12. The van der Waals surface area contributed by atoms with Gasteiger partial charge < -0.3 is 6.08 Å². The third-order valence-electron chi connectivity index (χ3n) is 0.408. The summed E-state index contributed by atoms with van der Waals surface area (Å²) in [5.74, 6) is 0. The van der Waals surface area contributed by atoms with Crippen LogP contribution in [0.25, 0.3) is 0 Å². The molecule has 0 saturated carbocycles. The van der Waals surface area contributed by atoms with Crippen molar-refractivity contribution < 1.29 is 19.5 Å². The largest absolute Gasteiger partial charge is 1.00 e. The fourth-order valence-electron chi connectivity index (χ4n) is 0.204. The molecule has 0 saturated heterocycles. The van der Waals surface area contributed by atoms with E-state index in [1.807, 2.05) is 13.0 Å². The monoisotopic (exact) mass is 171 g/mol. The van der Waals surface area contributed by atoms with Crippen molar-refractivity contribution in [3.8, 4) is 0 Å². The summed E-state index contributed by atoms with van der Waals surface area (Å²) >= 11 is 0. The van der Waals surface area contributed by atoms with Gasteiger partial charge in [-0.25, -0.2) is 0 Å². The second-order valence-electron chi connectivity index (χ2n) is 0.901. The van der Waals surface area contributed by atoms with Gasteiger partial charge in [0.1, 0.15) is 0 Å². The Morgan fingerprint density at radius 2 is 2.17 bits per heavy atom. The van der Waals surface area contributed by atoms with Crippen molar-refractivity contribution in [3.05, 3.63) is 12.2 Å². The summed E-state index contributed by atoms with van der Waals surface area (Å²) in [5, 5.41) is 0. The van der Waals surface area contributed by atoms with E-state index >= 15 is 0 Å². The minimum absolute atomic E-state index is 0. The maximum Gasteiger partial charge on any atom is 1.00 e. The zero-order valence-electron chi connectivity index (χ0n) is 4.14. The van der Waals surface area contributed by atoms with Crippen molar-refractivity contribution in [2.75, 3.05) is 0 Å². The Hall–Kier alpha value is 0.363. The van der Waals surface area contributed by atoms with Crippen LogP contribution in [0.1, 0.15) is 20.3 Å². The number of allylic oxidation sites excluding steroid dienone is 2. The molecule has 37 valence electrons. The average molecular weight is 170 g/mol. The van der Waals surface area contributed by atoms with Crippen molar-refractivity contribution in [2.45, 2.75) is 20.3 Å². The van der Waals surface area contributed by atoms with Gasteiger partial charge in [-0.2, -0.15) is 6.92 Å². The Labute approximate surface area is 52.4 Å². The zero-order valence-corrected chi connectivity index (χ0v) is 5.88. The molecule has 0 aromatic heterocycles. The van der Waals surface area contributed by atoms with Crippen LogP contribution in [-0.4, -0.2) is 0 Å². The smallest absolute Gasteiger partial charge is 0.504 e. The van der Waals surface area contributed by atoms with Crippen molar-refractivity contribution in [2.24, 2.45) is 0 Å². The molecule has 0 aromatic rings. The molecule has 0 heterocycles. The predicted octanol–water partition coefficient (Wildman–Crippen LogP) is 1.77. The minimum Gasteiger partial charge on any atom is -0.504 e. The number of hydrogen-bond acceptors (Lipinski definition) is 0. The van der Waals surface area contributed by atoms with Gasteiger partial charge in [0, 0.05) is 0 Å². The fourth-order valence-corrected chi connectivity index (χ4v) is 0.204. The van der Waals surface area contributed by atoms with Gasteiger partial charge in [0.25, 0.3) is 0 Å². The van der Waals surface area contributed by atoms with E-state index < -0.39 is 0 Å². The molecule has 0 nitrogen and oxygen atoms in total. The molecule has 0 rings (SSSR count). The van der Waals surface area contributed by atoms with E-state index in [1.54, 1.807) is 0 Å². The molecule has 0 aliphatic rings. The van der Waals surface area contributed by atoms with E-state index in [-0.39, 0.29) is 19.5 Å². The molecule has 6 heavy (non-hydrogen) atoms. The van der Waals surface area contributed by atoms with Gasteiger partial charge in [0.2, 0.25) is 0 Å². The first-order chi connectivity index (χ1) is 2.41. The first kappa shape index (κ1) is 9.61. The van der Waals surface area contributed by atoms with Crippen LogP contribution in [0, 0.1) is 6.08 Å². The van der Waals surface area contributed by atoms with E-state index in [4.69, 9.17) is 0 Å². The van der Waals surface area contributed by atoms with Crippen LogP contribution in [-0.2, 0) is 19.5 Å². The summed E-state index contributed by atoms with van der Waals surface area (Å²) < 4.78 is 0. The molecule has 1 heteroatoms. The first-order valence-corrected chi connectivity index (χ1v) is 1.90.